The zero-order valence-electron chi connectivity index (χ0n) is 25.3. The number of likely N-dealkylation sites (N-methyl/N-ethyl adjacent to an activating group) is 1. The number of nitrogens with zero attached hydrogens (tertiary/aromatic N) is 2. The van der Waals surface area contributed by atoms with Gasteiger partial charge < -0.3 is 25.4 Å². The second-order valence-corrected chi connectivity index (χ2v) is 14.4. The molecule has 0 spiro atoms. The average Bonchev–Trinajstić information content (AvgIpc) is 3.36. The Kier molecular flexibility index (Phi) is 12.2. The molecule has 1 saturated heterocycles. The number of rotatable bonds is 15. The lowest BCUT2D eigenvalue weighted by molar-refractivity contribution is -0.145. The smallest absolute Gasteiger partial charge is 0.407 e. The molecule has 2 fully saturated rings. The molecule has 2 aliphatic rings. The highest BCUT2D eigenvalue weighted by Gasteiger charge is 2.61. The molecule has 13 heteroatoms. The van der Waals surface area contributed by atoms with Gasteiger partial charge in [0.2, 0.25) is 21.8 Å². The van der Waals surface area contributed by atoms with Gasteiger partial charge in [-0.1, -0.05) is 52.7 Å². The van der Waals surface area contributed by atoms with Crippen molar-refractivity contribution in [1.82, 2.24) is 19.8 Å². The first-order chi connectivity index (χ1) is 19.1. The Morgan fingerprint density at radius 2 is 1.88 bits per heavy atom. The number of alkyl carbamates (subject to hydrolysis) is 1. The lowest BCUT2D eigenvalue weighted by atomic mass is 9.89. The second kappa shape index (κ2) is 14.5. The molecule has 3 N–H and O–H groups in total. The Morgan fingerprint density at radius 1 is 1.20 bits per heavy atom. The van der Waals surface area contributed by atoms with E-state index in [4.69, 9.17) is 4.74 Å². The van der Waals surface area contributed by atoms with E-state index in [0.29, 0.717) is 25.8 Å². The van der Waals surface area contributed by atoms with Crippen molar-refractivity contribution in [3.8, 4) is 0 Å². The van der Waals surface area contributed by atoms with Crippen molar-refractivity contribution in [3.63, 3.8) is 0 Å². The van der Waals surface area contributed by atoms with Gasteiger partial charge in [0.15, 0.2) is 0 Å². The van der Waals surface area contributed by atoms with Crippen LogP contribution in [-0.2, 0) is 29.1 Å². The molecule has 2 rings (SSSR count). The van der Waals surface area contributed by atoms with E-state index < -0.39 is 63.5 Å². The Labute approximate surface area is 244 Å². The quantitative estimate of drug-likeness (QED) is 0.191. The first kappa shape index (κ1) is 34.5. The predicted octanol–water partition coefficient (Wildman–Crippen LogP) is 2.50. The number of hydrogen-bond donors (Lipinski definition) is 3. The van der Waals surface area contributed by atoms with Crippen LogP contribution in [0.3, 0.4) is 0 Å². The number of carboxylic acid groups (broad SMARTS) is 1. The summed E-state index contributed by atoms with van der Waals surface area (Å²) in [7, 11) is -2.06. The van der Waals surface area contributed by atoms with Gasteiger partial charge in [0.1, 0.15) is 24.2 Å². The SMILES string of the molecule is CCCCC/C=C\C1C[C@]1(NC(=O)[C@@H]1CCCN1C(=O)CNC(=O)OC(CN(C)S(=O)(=O)CC)C(C)(C)C)C(=O)O. The molecule has 1 aliphatic carbocycles. The summed E-state index contributed by atoms with van der Waals surface area (Å²) in [6.45, 7) is 8.91. The second-order valence-electron chi connectivity index (χ2n) is 12.0. The van der Waals surface area contributed by atoms with E-state index in [9.17, 15) is 32.7 Å². The number of sulfonamides is 1. The van der Waals surface area contributed by atoms with Crippen LogP contribution in [0, 0.1) is 11.3 Å². The lowest BCUT2D eigenvalue weighted by Gasteiger charge is -2.33. The number of hydrogen-bond acceptors (Lipinski definition) is 7. The van der Waals surface area contributed by atoms with Crippen LogP contribution in [0.5, 0.6) is 0 Å². The first-order valence-corrected chi connectivity index (χ1v) is 16.1. The predicted molar refractivity (Wildman–Crippen MR) is 154 cm³/mol. The number of amides is 3. The van der Waals surface area contributed by atoms with Crippen LogP contribution in [0.1, 0.15) is 79.6 Å². The van der Waals surface area contributed by atoms with E-state index in [1.165, 1.54) is 18.9 Å². The van der Waals surface area contributed by atoms with Crippen LogP contribution in [0.25, 0.3) is 0 Å². The fourth-order valence-electron chi connectivity index (χ4n) is 4.85. The van der Waals surface area contributed by atoms with Gasteiger partial charge in [0, 0.05) is 24.9 Å². The Morgan fingerprint density at radius 3 is 2.46 bits per heavy atom. The van der Waals surface area contributed by atoms with Crippen molar-refractivity contribution in [2.45, 2.75) is 97.2 Å². The van der Waals surface area contributed by atoms with Gasteiger partial charge in [-0.15, -0.1) is 0 Å². The molecular formula is C28H48N4O8S. The number of carbonyl (C=O) groups is 4. The summed E-state index contributed by atoms with van der Waals surface area (Å²) in [6, 6.07) is -0.832. The summed E-state index contributed by atoms with van der Waals surface area (Å²) >= 11 is 0. The van der Waals surface area contributed by atoms with E-state index in [1.54, 1.807) is 0 Å². The Bertz CT molecular complexity index is 1090. The number of allylic oxidation sites excluding steroid dienone is 1. The van der Waals surface area contributed by atoms with E-state index in [1.807, 2.05) is 32.9 Å². The summed E-state index contributed by atoms with van der Waals surface area (Å²) in [5.41, 5.74) is -1.94. The highest BCUT2D eigenvalue weighted by molar-refractivity contribution is 7.89. The summed E-state index contributed by atoms with van der Waals surface area (Å²) < 4.78 is 31.0. The summed E-state index contributed by atoms with van der Waals surface area (Å²) in [5, 5.41) is 14.9. The minimum Gasteiger partial charge on any atom is -0.479 e. The van der Waals surface area contributed by atoms with Crippen molar-refractivity contribution in [1.29, 1.82) is 0 Å². The molecule has 0 aromatic heterocycles. The molecule has 0 radical (unpaired) electrons. The molecule has 41 heavy (non-hydrogen) atoms. The highest BCUT2D eigenvalue weighted by Crippen LogP contribution is 2.45. The Hall–Kier alpha value is -2.67. The maximum absolute atomic E-state index is 13.1. The third kappa shape index (κ3) is 9.42. The van der Waals surface area contributed by atoms with E-state index in [0.717, 1.165) is 30.0 Å². The van der Waals surface area contributed by atoms with Crippen molar-refractivity contribution in [2.75, 3.05) is 32.4 Å². The van der Waals surface area contributed by atoms with Crippen LogP contribution >= 0.6 is 0 Å². The van der Waals surface area contributed by atoms with Gasteiger partial charge in [-0.3, -0.25) is 9.59 Å². The minimum absolute atomic E-state index is 0.0460. The van der Waals surface area contributed by atoms with Crippen LogP contribution < -0.4 is 10.6 Å². The van der Waals surface area contributed by atoms with Gasteiger partial charge >= 0.3 is 12.1 Å². The van der Waals surface area contributed by atoms with E-state index >= 15 is 0 Å². The molecule has 234 valence electrons. The highest BCUT2D eigenvalue weighted by atomic mass is 32.2. The van der Waals surface area contributed by atoms with Crippen LogP contribution in [0.2, 0.25) is 0 Å². The first-order valence-electron chi connectivity index (χ1n) is 14.5. The van der Waals surface area contributed by atoms with Gasteiger partial charge in [-0.05, 0) is 39.0 Å². The number of aliphatic carboxylic acids is 1. The summed E-state index contributed by atoms with van der Waals surface area (Å²) in [4.78, 5) is 52.0. The minimum atomic E-state index is -3.48. The fourth-order valence-corrected chi connectivity index (χ4v) is 5.66. The molecular weight excluding hydrogens is 552 g/mol. The average molecular weight is 601 g/mol. The normalized spacial score (nSPS) is 23.4. The van der Waals surface area contributed by atoms with Crippen LogP contribution in [0.15, 0.2) is 12.2 Å². The van der Waals surface area contributed by atoms with Gasteiger partial charge in [-0.2, -0.15) is 0 Å². The standard InChI is InChI=1S/C28H48N4O8S/c1-7-9-10-11-12-14-20-17-28(20,25(35)36)30-24(34)21-15-13-16-32(21)23(33)18-29-26(37)40-22(27(3,4)5)19-31(6)41(38,39)8-2/h12,14,20-22H,7-11,13,15-19H2,1-6H3,(H,29,37)(H,30,34)(H,35,36)/b14-12-/t20?,21-,22?,28+/m0/s1. The molecule has 3 amide bonds. The molecule has 1 aliphatic heterocycles. The van der Waals surface area contributed by atoms with Crippen molar-refractivity contribution < 1.29 is 37.4 Å². The van der Waals surface area contributed by atoms with Crippen molar-refractivity contribution in [2.24, 2.45) is 11.3 Å². The van der Waals surface area contributed by atoms with Crippen molar-refractivity contribution in [3.05, 3.63) is 12.2 Å². The fraction of sp³-hybridized carbons (Fsp3) is 0.786. The third-order valence-corrected chi connectivity index (χ3v) is 9.65. The molecule has 4 atom stereocenters. The number of carbonyl (C=O) groups excluding carboxylic acids is 3. The van der Waals surface area contributed by atoms with Crippen molar-refractivity contribution >= 4 is 33.9 Å². The topological polar surface area (TPSA) is 162 Å². The lowest BCUT2D eigenvalue weighted by Crippen LogP contribution is -2.54. The number of ether oxygens (including phenoxy) is 1. The molecule has 0 bridgehead atoms. The monoisotopic (exact) mass is 600 g/mol. The van der Waals surface area contributed by atoms with Crippen LogP contribution in [0.4, 0.5) is 4.79 Å². The molecule has 1 heterocycles. The molecule has 0 aromatic rings. The third-order valence-electron chi connectivity index (χ3n) is 7.82. The molecule has 0 aromatic carbocycles. The van der Waals surface area contributed by atoms with E-state index in [2.05, 4.69) is 17.6 Å². The molecule has 12 nitrogen and oxygen atoms in total. The van der Waals surface area contributed by atoms with Gasteiger partial charge in [0.05, 0.1) is 12.3 Å². The maximum atomic E-state index is 13.1. The molecule has 1 saturated carbocycles. The number of carboxylic acids is 1. The Balaban J connectivity index is 1.95. The van der Waals surface area contributed by atoms with Crippen LogP contribution in [-0.4, -0.2) is 96.7 Å². The largest absolute Gasteiger partial charge is 0.479 e. The summed E-state index contributed by atoms with van der Waals surface area (Å²) in [5.74, 6) is -2.49. The zero-order chi connectivity index (χ0) is 31.0. The zero-order valence-corrected chi connectivity index (χ0v) is 26.1. The van der Waals surface area contributed by atoms with E-state index in [-0.39, 0.29) is 18.2 Å². The van der Waals surface area contributed by atoms with Gasteiger partial charge in [0.25, 0.3) is 0 Å². The summed E-state index contributed by atoms with van der Waals surface area (Å²) in [6.07, 6.45) is 7.52. The van der Waals surface area contributed by atoms with Gasteiger partial charge in [-0.25, -0.2) is 22.3 Å². The number of likely N-dealkylation sites (tertiary alicyclic amines) is 1. The molecule has 2 unspecified atom stereocenters. The number of nitrogens with one attached hydrogen (secondary N) is 2. The maximum Gasteiger partial charge on any atom is 0.407 e. The number of unbranched alkanes of at least 4 members (excludes halogenated alkanes) is 3.